The molecule has 0 bridgehead atoms. The standard InChI is InChI=1S/C17H19NO4/c1-17(2)11-13(19)10-14(22-17)15(20)18-8-9-21-16(18)12-6-4-3-5-7-12/h3-7,10,16H,8-9,11H2,1-2H3. The van der Waals surface area contributed by atoms with Gasteiger partial charge >= 0.3 is 0 Å². The Morgan fingerprint density at radius 2 is 2.00 bits per heavy atom. The zero-order valence-corrected chi connectivity index (χ0v) is 12.7. The fourth-order valence-electron chi connectivity index (χ4n) is 2.80. The van der Waals surface area contributed by atoms with Crippen LogP contribution in [0.15, 0.2) is 42.2 Å². The molecule has 22 heavy (non-hydrogen) atoms. The Kier molecular flexibility index (Phi) is 3.74. The first kappa shape index (κ1) is 14.8. The van der Waals surface area contributed by atoms with Gasteiger partial charge in [0.15, 0.2) is 17.8 Å². The molecule has 0 saturated carbocycles. The Hall–Kier alpha value is -2.14. The van der Waals surface area contributed by atoms with Crippen LogP contribution in [0.25, 0.3) is 0 Å². The van der Waals surface area contributed by atoms with Crippen molar-refractivity contribution in [3.8, 4) is 0 Å². The van der Waals surface area contributed by atoms with Gasteiger partial charge in [-0.3, -0.25) is 9.59 Å². The Morgan fingerprint density at radius 3 is 2.68 bits per heavy atom. The van der Waals surface area contributed by atoms with E-state index in [0.717, 1.165) is 5.56 Å². The maximum atomic E-state index is 12.7. The van der Waals surface area contributed by atoms with Crippen LogP contribution in [-0.2, 0) is 19.1 Å². The van der Waals surface area contributed by atoms with Crippen LogP contribution in [0.1, 0.15) is 32.1 Å². The minimum Gasteiger partial charge on any atom is -0.481 e. The van der Waals surface area contributed by atoms with Crippen LogP contribution < -0.4 is 0 Å². The molecule has 1 unspecified atom stereocenters. The van der Waals surface area contributed by atoms with Gasteiger partial charge in [0.2, 0.25) is 0 Å². The number of hydrogen-bond donors (Lipinski definition) is 0. The van der Waals surface area contributed by atoms with E-state index in [-0.39, 0.29) is 23.9 Å². The van der Waals surface area contributed by atoms with Crippen LogP contribution in [0.5, 0.6) is 0 Å². The first-order chi connectivity index (χ1) is 10.5. The van der Waals surface area contributed by atoms with Gasteiger partial charge in [-0.2, -0.15) is 0 Å². The summed E-state index contributed by atoms with van der Waals surface area (Å²) in [5.74, 6) is -0.281. The lowest BCUT2D eigenvalue weighted by Gasteiger charge is -2.32. The lowest BCUT2D eigenvalue weighted by Crippen LogP contribution is -2.39. The minimum absolute atomic E-state index is 0.0871. The number of ketones is 1. The number of amides is 1. The number of ether oxygens (including phenoxy) is 2. The molecule has 1 amide bonds. The molecule has 116 valence electrons. The van der Waals surface area contributed by atoms with Crippen LogP contribution in [-0.4, -0.2) is 35.3 Å². The summed E-state index contributed by atoms with van der Waals surface area (Å²) in [5, 5.41) is 0. The SMILES string of the molecule is CC1(C)CC(=O)C=C(C(=O)N2CCOC2c2ccccc2)O1. The zero-order chi connectivity index (χ0) is 15.7. The van der Waals surface area contributed by atoms with Crippen molar-refractivity contribution in [2.24, 2.45) is 0 Å². The summed E-state index contributed by atoms with van der Waals surface area (Å²) < 4.78 is 11.4. The van der Waals surface area contributed by atoms with Crippen molar-refractivity contribution in [2.75, 3.05) is 13.2 Å². The molecule has 1 fully saturated rings. The van der Waals surface area contributed by atoms with Crippen LogP contribution in [0.4, 0.5) is 0 Å². The molecule has 0 aliphatic carbocycles. The van der Waals surface area contributed by atoms with Crippen molar-refractivity contribution >= 4 is 11.7 Å². The molecule has 0 spiro atoms. The highest BCUT2D eigenvalue weighted by Gasteiger charge is 2.38. The molecule has 1 saturated heterocycles. The van der Waals surface area contributed by atoms with Gasteiger partial charge in [0.1, 0.15) is 5.60 Å². The van der Waals surface area contributed by atoms with E-state index in [1.807, 2.05) is 30.3 Å². The molecule has 2 aliphatic heterocycles. The average Bonchev–Trinajstić information content (AvgIpc) is 2.94. The number of rotatable bonds is 2. The van der Waals surface area contributed by atoms with Gasteiger partial charge in [0.25, 0.3) is 5.91 Å². The van der Waals surface area contributed by atoms with Crippen LogP contribution in [0.3, 0.4) is 0 Å². The topological polar surface area (TPSA) is 55.8 Å². The van der Waals surface area contributed by atoms with Gasteiger partial charge in [-0.1, -0.05) is 30.3 Å². The molecule has 2 aliphatic rings. The van der Waals surface area contributed by atoms with E-state index >= 15 is 0 Å². The second kappa shape index (κ2) is 5.57. The summed E-state index contributed by atoms with van der Waals surface area (Å²) in [6.45, 7) is 4.56. The van der Waals surface area contributed by atoms with Gasteiger partial charge in [-0.05, 0) is 13.8 Å². The second-order valence-corrected chi connectivity index (χ2v) is 6.15. The molecule has 3 rings (SSSR count). The summed E-state index contributed by atoms with van der Waals surface area (Å²) in [6.07, 6.45) is 1.15. The molecule has 1 aromatic carbocycles. The van der Waals surface area contributed by atoms with E-state index in [9.17, 15) is 9.59 Å². The molecule has 5 nitrogen and oxygen atoms in total. The van der Waals surface area contributed by atoms with E-state index in [0.29, 0.717) is 13.2 Å². The Labute approximate surface area is 129 Å². The third-order valence-corrected chi connectivity index (χ3v) is 3.73. The van der Waals surface area contributed by atoms with Crippen molar-refractivity contribution in [3.05, 3.63) is 47.7 Å². The molecule has 0 radical (unpaired) electrons. The maximum absolute atomic E-state index is 12.7. The number of carbonyl (C=O) groups excluding carboxylic acids is 2. The molecule has 1 atom stereocenters. The number of benzene rings is 1. The fraction of sp³-hybridized carbons (Fsp3) is 0.412. The monoisotopic (exact) mass is 301 g/mol. The maximum Gasteiger partial charge on any atom is 0.291 e. The van der Waals surface area contributed by atoms with Crippen molar-refractivity contribution in [1.29, 1.82) is 0 Å². The van der Waals surface area contributed by atoms with Gasteiger partial charge in [-0.25, -0.2) is 0 Å². The van der Waals surface area contributed by atoms with Crippen molar-refractivity contribution < 1.29 is 19.1 Å². The molecule has 0 aromatic heterocycles. The summed E-state index contributed by atoms with van der Waals surface area (Å²) in [7, 11) is 0. The largest absolute Gasteiger partial charge is 0.481 e. The molecule has 0 N–H and O–H groups in total. The Balaban J connectivity index is 1.84. The first-order valence-corrected chi connectivity index (χ1v) is 7.37. The normalized spacial score (nSPS) is 23.9. The minimum atomic E-state index is -0.653. The van der Waals surface area contributed by atoms with Crippen LogP contribution in [0.2, 0.25) is 0 Å². The Bertz CT molecular complexity index is 621. The average molecular weight is 301 g/mol. The highest BCUT2D eigenvalue weighted by molar-refractivity contribution is 6.02. The molecule has 2 heterocycles. The summed E-state index contributed by atoms with van der Waals surface area (Å²) in [4.78, 5) is 26.1. The van der Waals surface area contributed by atoms with Crippen molar-refractivity contribution in [2.45, 2.75) is 32.1 Å². The third-order valence-electron chi connectivity index (χ3n) is 3.73. The molecule has 1 aromatic rings. The smallest absolute Gasteiger partial charge is 0.291 e. The van der Waals surface area contributed by atoms with Crippen LogP contribution in [0, 0.1) is 0 Å². The summed E-state index contributed by atoms with van der Waals surface area (Å²) in [6, 6.07) is 9.56. The molecule has 5 heteroatoms. The predicted octanol–water partition coefficient (Wildman–Crippen LogP) is 2.20. The zero-order valence-electron chi connectivity index (χ0n) is 12.7. The van der Waals surface area contributed by atoms with E-state index in [4.69, 9.17) is 9.47 Å². The number of carbonyl (C=O) groups is 2. The van der Waals surface area contributed by atoms with E-state index in [2.05, 4.69) is 0 Å². The molecular formula is C17H19NO4. The lowest BCUT2D eigenvalue weighted by atomic mass is 9.98. The summed E-state index contributed by atoms with van der Waals surface area (Å²) in [5.41, 5.74) is 0.259. The quantitative estimate of drug-likeness (QED) is 0.840. The van der Waals surface area contributed by atoms with Gasteiger partial charge < -0.3 is 14.4 Å². The number of nitrogens with zero attached hydrogens (tertiary/aromatic N) is 1. The highest BCUT2D eigenvalue weighted by atomic mass is 16.5. The van der Waals surface area contributed by atoms with Crippen molar-refractivity contribution in [3.63, 3.8) is 0 Å². The number of hydrogen-bond acceptors (Lipinski definition) is 4. The van der Waals surface area contributed by atoms with Gasteiger partial charge in [0.05, 0.1) is 6.61 Å². The molecular weight excluding hydrogens is 282 g/mol. The number of allylic oxidation sites excluding steroid dienone is 1. The van der Waals surface area contributed by atoms with Gasteiger partial charge in [0, 0.05) is 24.6 Å². The predicted molar refractivity (Wildman–Crippen MR) is 79.7 cm³/mol. The van der Waals surface area contributed by atoms with E-state index < -0.39 is 11.8 Å². The highest BCUT2D eigenvalue weighted by Crippen LogP contribution is 2.31. The van der Waals surface area contributed by atoms with E-state index in [1.165, 1.54) is 6.08 Å². The lowest BCUT2D eigenvalue weighted by molar-refractivity contribution is -0.142. The van der Waals surface area contributed by atoms with Crippen molar-refractivity contribution in [1.82, 2.24) is 4.90 Å². The first-order valence-electron chi connectivity index (χ1n) is 7.37. The third kappa shape index (κ3) is 2.90. The Morgan fingerprint density at radius 1 is 1.27 bits per heavy atom. The van der Waals surface area contributed by atoms with E-state index in [1.54, 1.807) is 18.7 Å². The van der Waals surface area contributed by atoms with Crippen LogP contribution >= 0.6 is 0 Å². The van der Waals surface area contributed by atoms with Gasteiger partial charge in [-0.15, -0.1) is 0 Å². The second-order valence-electron chi connectivity index (χ2n) is 6.15. The fourth-order valence-corrected chi connectivity index (χ4v) is 2.80. The summed E-state index contributed by atoms with van der Waals surface area (Å²) >= 11 is 0.